The average molecular weight is 205 g/mol. The van der Waals surface area contributed by atoms with Gasteiger partial charge in [0.25, 0.3) is 6.43 Å². The predicted octanol–water partition coefficient (Wildman–Crippen LogP) is 3.06. The van der Waals surface area contributed by atoms with Crippen LogP contribution in [0.15, 0.2) is 0 Å². The molecule has 1 nitrogen and oxygen atoms in total. The Balaban J connectivity index is 2.89. The van der Waals surface area contributed by atoms with Crippen LogP contribution in [0.3, 0.4) is 0 Å². The van der Waals surface area contributed by atoms with Crippen molar-refractivity contribution in [3.8, 4) is 0 Å². The van der Waals surface area contributed by atoms with Gasteiger partial charge in [-0.25, -0.2) is 8.78 Å². The maximum atomic E-state index is 13.2. The molecule has 0 aromatic rings. The Morgan fingerprint density at radius 3 is 2.14 bits per heavy atom. The lowest BCUT2D eigenvalue weighted by atomic mass is 9.67. The van der Waals surface area contributed by atoms with E-state index in [4.69, 9.17) is 0 Å². The van der Waals surface area contributed by atoms with E-state index in [2.05, 4.69) is 5.32 Å². The second kappa shape index (κ2) is 4.56. The Bertz CT molecular complexity index is 172. The molecule has 0 spiro atoms. The van der Waals surface area contributed by atoms with Crippen LogP contribution in [0, 0.1) is 11.8 Å². The van der Waals surface area contributed by atoms with Crippen LogP contribution in [0.25, 0.3) is 0 Å². The van der Waals surface area contributed by atoms with Gasteiger partial charge in [0.05, 0.1) is 5.54 Å². The molecule has 0 heterocycles. The molecular weight excluding hydrogens is 184 g/mol. The number of halogens is 2. The van der Waals surface area contributed by atoms with E-state index in [0.29, 0.717) is 6.54 Å². The van der Waals surface area contributed by atoms with Crippen LogP contribution in [-0.4, -0.2) is 18.5 Å². The number of nitrogens with one attached hydrogen (secondary N) is 1. The van der Waals surface area contributed by atoms with Gasteiger partial charge < -0.3 is 5.32 Å². The second-order valence-electron chi connectivity index (χ2n) is 4.50. The molecule has 0 aliphatic heterocycles. The second-order valence-corrected chi connectivity index (χ2v) is 4.50. The Kier molecular flexibility index (Phi) is 3.87. The monoisotopic (exact) mass is 205 g/mol. The molecule has 0 radical (unpaired) electrons. The van der Waals surface area contributed by atoms with Gasteiger partial charge in [0, 0.05) is 0 Å². The van der Waals surface area contributed by atoms with Crippen LogP contribution < -0.4 is 5.32 Å². The molecule has 1 fully saturated rings. The van der Waals surface area contributed by atoms with Crippen molar-refractivity contribution in [2.45, 2.75) is 52.0 Å². The van der Waals surface area contributed by atoms with Crippen LogP contribution in [0.2, 0.25) is 0 Å². The summed E-state index contributed by atoms with van der Waals surface area (Å²) in [5.41, 5.74) is -0.938. The van der Waals surface area contributed by atoms with Crippen molar-refractivity contribution in [2.75, 3.05) is 6.54 Å². The molecule has 84 valence electrons. The molecular formula is C11H21F2N. The molecule has 3 heteroatoms. The van der Waals surface area contributed by atoms with E-state index < -0.39 is 12.0 Å². The van der Waals surface area contributed by atoms with Crippen molar-refractivity contribution in [3.63, 3.8) is 0 Å². The third kappa shape index (κ3) is 1.79. The summed E-state index contributed by atoms with van der Waals surface area (Å²) in [6.07, 6.45) is 0.665. The lowest BCUT2D eigenvalue weighted by Gasteiger charge is -2.47. The van der Waals surface area contributed by atoms with E-state index in [1.165, 1.54) is 0 Å². The molecule has 0 amide bonds. The first-order valence-electron chi connectivity index (χ1n) is 5.58. The van der Waals surface area contributed by atoms with Gasteiger partial charge in [-0.05, 0) is 31.2 Å². The van der Waals surface area contributed by atoms with Crippen LogP contribution >= 0.6 is 0 Å². The normalized spacial score (nSPS) is 39.0. The van der Waals surface area contributed by atoms with Gasteiger partial charge in [-0.1, -0.05) is 27.2 Å². The van der Waals surface area contributed by atoms with Gasteiger partial charge in [0.15, 0.2) is 0 Å². The van der Waals surface area contributed by atoms with E-state index in [1.54, 1.807) is 0 Å². The Morgan fingerprint density at radius 2 is 1.79 bits per heavy atom. The fourth-order valence-electron chi connectivity index (χ4n) is 2.86. The smallest absolute Gasteiger partial charge is 0.257 e. The first-order valence-corrected chi connectivity index (χ1v) is 5.58. The Morgan fingerprint density at radius 1 is 1.29 bits per heavy atom. The van der Waals surface area contributed by atoms with Gasteiger partial charge in [0.1, 0.15) is 0 Å². The highest BCUT2D eigenvalue weighted by atomic mass is 19.3. The van der Waals surface area contributed by atoms with Gasteiger partial charge in [-0.15, -0.1) is 0 Å². The summed E-state index contributed by atoms with van der Waals surface area (Å²) < 4.78 is 26.4. The summed E-state index contributed by atoms with van der Waals surface area (Å²) in [6, 6.07) is 0. The molecule has 0 bridgehead atoms. The molecule has 14 heavy (non-hydrogen) atoms. The largest absolute Gasteiger partial charge is 0.306 e. The highest BCUT2D eigenvalue weighted by Gasteiger charge is 2.49. The third-order valence-electron chi connectivity index (χ3n) is 3.75. The van der Waals surface area contributed by atoms with E-state index in [0.717, 1.165) is 19.3 Å². The first kappa shape index (κ1) is 11.9. The van der Waals surface area contributed by atoms with E-state index in [9.17, 15) is 8.78 Å². The number of rotatable bonds is 3. The lowest BCUT2D eigenvalue weighted by Crippen LogP contribution is -2.61. The van der Waals surface area contributed by atoms with Crippen molar-refractivity contribution in [2.24, 2.45) is 11.8 Å². The highest BCUT2D eigenvalue weighted by molar-refractivity contribution is 5.01. The minimum Gasteiger partial charge on any atom is -0.306 e. The molecule has 1 N–H and O–H groups in total. The number of hydrogen-bond donors (Lipinski definition) is 1. The van der Waals surface area contributed by atoms with Gasteiger partial charge in [-0.3, -0.25) is 0 Å². The topological polar surface area (TPSA) is 12.0 Å². The number of alkyl halides is 2. The molecule has 2 unspecified atom stereocenters. The lowest BCUT2D eigenvalue weighted by molar-refractivity contribution is -0.0550. The maximum Gasteiger partial charge on any atom is 0.257 e. The van der Waals surface area contributed by atoms with E-state index >= 15 is 0 Å². The molecule has 2 atom stereocenters. The number of hydrogen-bond acceptors (Lipinski definition) is 1. The Hall–Kier alpha value is -0.180. The summed E-state index contributed by atoms with van der Waals surface area (Å²) in [7, 11) is 0. The van der Waals surface area contributed by atoms with Crippen LogP contribution in [0.1, 0.15) is 40.0 Å². The van der Waals surface area contributed by atoms with Crippen LogP contribution in [0.5, 0.6) is 0 Å². The summed E-state index contributed by atoms with van der Waals surface area (Å²) in [4.78, 5) is 0. The van der Waals surface area contributed by atoms with Gasteiger partial charge in [0.2, 0.25) is 0 Å². The first-order chi connectivity index (χ1) is 6.55. The molecule has 1 rings (SSSR count). The minimum absolute atomic E-state index is 0.0752. The van der Waals surface area contributed by atoms with Crippen LogP contribution in [-0.2, 0) is 0 Å². The molecule has 1 aliphatic carbocycles. The fraction of sp³-hybridized carbons (Fsp3) is 1.00. The molecule has 1 saturated carbocycles. The fourth-order valence-corrected chi connectivity index (χ4v) is 2.86. The van der Waals surface area contributed by atoms with Gasteiger partial charge >= 0.3 is 0 Å². The van der Waals surface area contributed by atoms with Crippen molar-refractivity contribution in [1.29, 1.82) is 0 Å². The SMILES string of the molecule is CCNC1(C(F)F)C(C)CCCC1C. The zero-order valence-electron chi connectivity index (χ0n) is 9.32. The zero-order valence-corrected chi connectivity index (χ0v) is 9.32. The van der Waals surface area contributed by atoms with Crippen molar-refractivity contribution >= 4 is 0 Å². The predicted molar refractivity (Wildman–Crippen MR) is 54.6 cm³/mol. The highest BCUT2D eigenvalue weighted by Crippen LogP contribution is 2.41. The summed E-state index contributed by atoms with van der Waals surface area (Å²) in [5.74, 6) is 0.150. The summed E-state index contributed by atoms with van der Waals surface area (Å²) in [6.45, 7) is 6.42. The summed E-state index contributed by atoms with van der Waals surface area (Å²) >= 11 is 0. The molecule has 0 aromatic carbocycles. The zero-order chi connectivity index (χ0) is 10.8. The van der Waals surface area contributed by atoms with Gasteiger partial charge in [-0.2, -0.15) is 0 Å². The quantitative estimate of drug-likeness (QED) is 0.746. The Labute approximate surface area is 85.3 Å². The van der Waals surface area contributed by atoms with E-state index in [1.807, 2.05) is 20.8 Å². The van der Waals surface area contributed by atoms with E-state index in [-0.39, 0.29) is 11.8 Å². The maximum absolute atomic E-state index is 13.2. The summed E-state index contributed by atoms with van der Waals surface area (Å²) in [5, 5.41) is 3.05. The van der Waals surface area contributed by atoms with Crippen molar-refractivity contribution in [3.05, 3.63) is 0 Å². The van der Waals surface area contributed by atoms with Crippen molar-refractivity contribution < 1.29 is 8.78 Å². The van der Waals surface area contributed by atoms with Crippen LogP contribution in [0.4, 0.5) is 8.78 Å². The average Bonchev–Trinajstić information content (AvgIpc) is 2.11. The molecule has 0 saturated heterocycles. The molecule has 0 aromatic heterocycles. The van der Waals surface area contributed by atoms with Crippen molar-refractivity contribution in [1.82, 2.24) is 5.32 Å². The standard InChI is InChI=1S/C11H21F2N/c1-4-14-11(10(12)13)8(2)6-5-7-9(11)3/h8-10,14H,4-7H2,1-3H3. The molecule has 1 aliphatic rings. The third-order valence-corrected chi connectivity index (χ3v) is 3.75. The minimum atomic E-state index is -2.26.